The predicted octanol–water partition coefficient (Wildman–Crippen LogP) is 2.83. The van der Waals surface area contributed by atoms with Gasteiger partial charge in [-0.1, -0.05) is 30.4 Å². The van der Waals surface area contributed by atoms with E-state index in [1.807, 2.05) is 0 Å². The van der Waals surface area contributed by atoms with Crippen LogP contribution in [0.4, 0.5) is 4.79 Å². The van der Waals surface area contributed by atoms with E-state index in [9.17, 15) is 4.79 Å². The van der Waals surface area contributed by atoms with Crippen LogP contribution in [0.15, 0.2) is 11.3 Å². The molecular weight excluding hydrogens is 236 g/mol. The van der Waals surface area contributed by atoms with Crippen LogP contribution in [0.3, 0.4) is 0 Å². The molecule has 0 aliphatic carbocycles. The number of hydrogen-bond donors (Lipinski definition) is 1. The van der Waals surface area contributed by atoms with Crippen LogP contribution in [-0.2, 0) is 4.74 Å². The van der Waals surface area contributed by atoms with Crippen LogP contribution in [0.1, 0.15) is 20.3 Å². The monoisotopic (exact) mass is 260 g/mol. The van der Waals surface area contributed by atoms with Crippen molar-refractivity contribution in [3.8, 4) is 0 Å². The van der Waals surface area contributed by atoms with Gasteiger partial charge in [0.1, 0.15) is 0 Å². The van der Waals surface area contributed by atoms with E-state index < -0.39 is 14.2 Å². The van der Waals surface area contributed by atoms with Crippen LogP contribution >= 0.6 is 0 Å². The zero-order chi connectivity index (χ0) is 12.6. The third kappa shape index (κ3) is 9.98. The Hall–Kier alpha value is -0.556. The summed E-state index contributed by atoms with van der Waals surface area (Å²) in [5.41, 5.74) is 5.26. The van der Waals surface area contributed by atoms with Gasteiger partial charge in [0.25, 0.3) is 0 Å². The highest BCUT2D eigenvalue weighted by Crippen LogP contribution is 2.16. The maximum atomic E-state index is 10.2. The summed E-state index contributed by atoms with van der Waals surface area (Å²) < 4.78 is 4.52. The Morgan fingerprint density at radius 2 is 2.06 bits per heavy atom. The van der Waals surface area contributed by atoms with Gasteiger partial charge in [-0.15, -0.1) is 5.70 Å². The minimum Gasteiger partial charge on any atom is -0.450 e. The Kier molecular flexibility index (Phi) is 7.41. The van der Waals surface area contributed by atoms with E-state index in [0.29, 0.717) is 6.61 Å². The lowest BCUT2D eigenvalue weighted by Gasteiger charge is -2.21. The molecule has 0 spiro atoms. The first-order valence-corrected chi connectivity index (χ1v) is 11.1. The van der Waals surface area contributed by atoms with Gasteiger partial charge in [-0.3, -0.25) is 0 Å². The van der Waals surface area contributed by atoms with Gasteiger partial charge in [-0.2, -0.15) is 0 Å². The van der Waals surface area contributed by atoms with Crippen molar-refractivity contribution in [3.05, 3.63) is 11.3 Å². The molecule has 0 unspecified atom stereocenters. The summed E-state index contributed by atoms with van der Waals surface area (Å²) in [6.07, 6.45) is -0.271. The lowest BCUT2D eigenvalue weighted by Crippen LogP contribution is -2.27. The summed E-state index contributed by atoms with van der Waals surface area (Å²) in [4.78, 5) is 10.2. The van der Waals surface area contributed by atoms with Gasteiger partial charge in [0, 0.05) is 17.6 Å². The first kappa shape index (κ1) is 15.4. The molecule has 0 aromatic heterocycles. The number of ether oxygens (including phenoxy) is 1. The average molecular weight is 260 g/mol. The van der Waals surface area contributed by atoms with Crippen LogP contribution in [0.25, 0.3) is 0 Å². The van der Waals surface area contributed by atoms with E-state index in [1.165, 1.54) is 17.3 Å². The van der Waals surface area contributed by atoms with Gasteiger partial charge < -0.3 is 9.84 Å². The Balaban J connectivity index is 3.69. The van der Waals surface area contributed by atoms with Crippen molar-refractivity contribution < 1.29 is 14.6 Å². The molecule has 0 fully saturated rings. The van der Waals surface area contributed by atoms with E-state index in [-0.39, 0.29) is 9.52 Å². The first-order chi connectivity index (χ1) is 7.33. The molecule has 0 aliphatic heterocycles. The molecule has 16 heavy (non-hydrogen) atoms. The highest BCUT2D eigenvalue weighted by atomic mass is 28.4. The molecule has 5 heteroatoms. The first-order valence-electron chi connectivity index (χ1n) is 5.82. The third-order valence-electron chi connectivity index (χ3n) is 2.60. The smallest absolute Gasteiger partial charge is 0.450 e. The van der Waals surface area contributed by atoms with Crippen molar-refractivity contribution in [2.24, 2.45) is 0 Å². The molecule has 0 heterocycles. The van der Waals surface area contributed by atoms with Gasteiger partial charge in [-0.25, -0.2) is 4.79 Å². The fourth-order valence-electron chi connectivity index (χ4n) is 1.59. The fraction of sp³-hybridized carbons (Fsp3) is 0.727. The van der Waals surface area contributed by atoms with Crippen molar-refractivity contribution in [2.45, 2.75) is 45.1 Å². The van der Waals surface area contributed by atoms with Crippen molar-refractivity contribution in [1.82, 2.24) is 0 Å². The maximum absolute atomic E-state index is 10.2. The molecule has 0 rings (SSSR count). The summed E-state index contributed by atoms with van der Waals surface area (Å²) in [6.45, 7) is 9.44. The standard InChI is InChI=1S/C11H24O3Si2/c1-10(2)8-15-9-16(3,4)7-5-6-14-11(12)13/h8H,5-7,9,15H2,1-4H3,(H,12,13). The Morgan fingerprint density at radius 1 is 1.44 bits per heavy atom. The normalized spacial score (nSPS) is 11.8. The third-order valence-corrected chi connectivity index (χ3v) is 12.0. The largest absolute Gasteiger partial charge is 0.505 e. The number of carbonyl (C=O) groups is 1. The second-order valence-electron chi connectivity index (χ2n) is 5.20. The molecule has 0 bridgehead atoms. The maximum Gasteiger partial charge on any atom is 0.505 e. The number of hydrogen-bond acceptors (Lipinski definition) is 2. The molecule has 94 valence electrons. The molecule has 0 aromatic rings. The van der Waals surface area contributed by atoms with Gasteiger partial charge >= 0.3 is 6.16 Å². The van der Waals surface area contributed by atoms with Gasteiger partial charge in [0.05, 0.1) is 6.61 Å². The van der Waals surface area contributed by atoms with Crippen LogP contribution in [0.2, 0.25) is 24.8 Å². The lowest BCUT2D eigenvalue weighted by molar-refractivity contribution is 0.0917. The van der Waals surface area contributed by atoms with Gasteiger partial charge in [0.2, 0.25) is 0 Å². The zero-order valence-corrected chi connectivity index (χ0v) is 13.3. The summed E-state index contributed by atoms with van der Waals surface area (Å²) in [6, 6.07) is 1.17. The van der Waals surface area contributed by atoms with E-state index in [2.05, 4.69) is 37.4 Å². The molecule has 0 atom stereocenters. The molecule has 0 aliphatic rings. The van der Waals surface area contributed by atoms with Crippen molar-refractivity contribution in [2.75, 3.05) is 6.61 Å². The fourth-order valence-corrected chi connectivity index (χ4v) is 7.97. The lowest BCUT2D eigenvalue weighted by atomic mass is 10.4. The number of allylic oxidation sites excluding steroid dienone is 1. The van der Waals surface area contributed by atoms with Crippen LogP contribution in [0.5, 0.6) is 0 Å². The van der Waals surface area contributed by atoms with Crippen LogP contribution in [0, 0.1) is 0 Å². The Morgan fingerprint density at radius 3 is 2.56 bits per heavy atom. The topological polar surface area (TPSA) is 46.5 Å². The number of rotatable bonds is 7. The summed E-state index contributed by atoms with van der Waals surface area (Å²) in [5, 5.41) is 8.33. The van der Waals surface area contributed by atoms with E-state index in [4.69, 9.17) is 5.11 Å². The minimum atomic E-state index is -1.15. The molecule has 0 saturated carbocycles. The average Bonchev–Trinajstić information content (AvgIpc) is 2.11. The quantitative estimate of drug-likeness (QED) is 0.435. The highest BCUT2D eigenvalue weighted by Gasteiger charge is 2.19. The summed E-state index contributed by atoms with van der Waals surface area (Å²) in [7, 11) is -1.15. The van der Waals surface area contributed by atoms with E-state index >= 15 is 0 Å². The molecule has 0 aromatic carbocycles. The number of carboxylic acid groups (broad SMARTS) is 1. The van der Waals surface area contributed by atoms with Gasteiger partial charge in [-0.05, 0) is 20.3 Å². The second-order valence-corrected chi connectivity index (χ2v) is 13.0. The van der Waals surface area contributed by atoms with Crippen molar-refractivity contribution in [1.29, 1.82) is 0 Å². The van der Waals surface area contributed by atoms with Crippen molar-refractivity contribution in [3.63, 3.8) is 0 Å². The Bertz CT molecular complexity index is 246. The summed E-state index contributed by atoms with van der Waals surface area (Å²) in [5.74, 6) is 0. The second kappa shape index (κ2) is 7.67. The van der Waals surface area contributed by atoms with Gasteiger partial charge in [0.15, 0.2) is 0 Å². The molecule has 3 nitrogen and oxygen atoms in total. The van der Waals surface area contributed by atoms with Crippen LogP contribution in [-0.4, -0.2) is 35.5 Å². The molecule has 0 amide bonds. The molecule has 0 saturated heterocycles. The van der Waals surface area contributed by atoms with Crippen LogP contribution < -0.4 is 0 Å². The van der Waals surface area contributed by atoms with E-state index in [1.54, 1.807) is 0 Å². The highest BCUT2D eigenvalue weighted by molar-refractivity contribution is 6.85. The molecule has 0 radical (unpaired) electrons. The molecule has 1 N–H and O–H groups in total. The van der Waals surface area contributed by atoms with Crippen molar-refractivity contribution >= 4 is 23.7 Å². The SMILES string of the molecule is CC(C)=C[SiH2]C[Si](C)(C)CCCOC(=O)O. The summed E-state index contributed by atoms with van der Waals surface area (Å²) >= 11 is 0. The predicted molar refractivity (Wildman–Crippen MR) is 73.7 cm³/mol. The van der Waals surface area contributed by atoms with E-state index in [0.717, 1.165) is 6.42 Å². The Labute approximate surface area is 102 Å². The molecular formula is C11H24O3Si2. The zero-order valence-electron chi connectivity index (χ0n) is 10.9. The minimum absolute atomic E-state index is 0.0477.